The van der Waals surface area contributed by atoms with Gasteiger partial charge in [0.1, 0.15) is 6.61 Å². The second kappa shape index (κ2) is 8.02. The van der Waals surface area contributed by atoms with Gasteiger partial charge in [-0.1, -0.05) is 30.2 Å². The highest BCUT2D eigenvalue weighted by Crippen LogP contribution is 2.38. The highest BCUT2D eigenvalue weighted by molar-refractivity contribution is 6.30. The van der Waals surface area contributed by atoms with Crippen LogP contribution in [0.25, 0.3) is 11.1 Å². The Morgan fingerprint density at radius 3 is 2.82 bits per heavy atom. The number of phenols is 1. The molecule has 5 nitrogen and oxygen atoms in total. The van der Waals surface area contributed by atoms with Crippen LogP contribution in [0.1, 0.15) is 24.8 Å². The molecule has 1 saturated heterocycles. The molecule has 0 aliphatic carbocycles. The number of aromatic hydroxyl groups is 1. The van der Waals surface area contributed by atoms with Gasteiger partial charge in [-0.05, 0) is 61.8 Å². The summed E-state index contributed by atoms with van der Waals surface area (Å²) in [6.45, 7) is 2.28. The van der Waals surface area contributed by atoms with Gasteiger partial charge in [-0.3, -0.25) is 9.69 Å². The molecule has 28 heavy (non-hydrogen) atoms. The lowest BCUT2D eigenvalue weighted by Crippen LogP contribution is -2.49. The molecule has 0 radical (unpaired) electrons. The van der Waals surface area contributed by atoms with Crippen LogP contribution in [0.2, 0.25) is 5.02 Å². The van der Waals surface area contributed by atoms with Gasteiger partial charge in [-0.15, -0.1) is 0 Å². The number of benzene rings is 2. The van der Waals surface area contributed by atoms with E-state index in [1.807, 2.05) is 42.3 Å². The van der Waals surface area contributed by atoms with E-state index in [0.717, 1.165) is 42.5 Å². The van der Waals surface area contributed by atoms with E-state index >= 15 is 0 Å². The highest BCUT2D eigenvalue weighted by Gasteiger charge is 2.31. The lowest BCUT2D eigenvalue weighted by molar-refractivity contribution is -0.138. The predicted octanol–water partition coefficient (Wildman–Crippen LogP) is 3.92. The van der Waals surface area contributed by atoms with Crippen LogP contribution >= 0.6 is 11.6 Å². The van der Waals surface area contributed by atoms with Crippen LogP contribution in [0.4, 0.5) is 0 Å². The Bertz CT molecular complexity index is 886. The van der Waals surface area contributed by atoms with E-state index in [2.05, 4.69) is 4.90 Å². The van der Waals surface area contributed by atoms with E-state index in [-0.39, 0.29) is 17.7 Å². The number of amides is 1. The molecule has 0 aromatic heterocycles. The van der Waals surface area contributed by atoms with Crippen molar-refractivity contribution in [1.29, 1.82) is 0 Å². The summed E-state index contributed by atoms with van der Waals surface area (Å²) in [5, 5.41) is 11.2. The van der Waals surface area contributed by atoms with Crippen LogP contribution in [0, 0.1) is 0 Å². The smallest absolute Gasteiger partial charge is 0.240 e. The minimum Gasteiger partial charge on any atom is -0.504 e. The summed E-state index contributed by atoms with van der Waals surface area (Å²) in [5.74, 6) is 0.709. The molecule has 2 heterocycles. The van der Waals surface area contributed by atoms with E-state index in [1.165, 1.54) is 0 Å². The first-order valence-electron chi connectivity index (χ1n) is 9.76. The van der Waals surface area contributed by atoms with E-state index in [1.54, 1.807) is 6.07 Å². The molecule has 4 rings (SSSR count). The van der Waals surface area contributed by atoms with E-state index in [4.69, 9.17) is 16.3 Å². The lowest BCUT2D eigenvalue weighted by Gasteiger charge is -2.34. The number of carbonyl (C=O) groups excluding carboxylic acids is 1. The van der Waals surface area contributed by atoms with Crippen molar-refractivity contribution < 1.29 is 14.6 Å². The third-order valence-electron chi connectivity index (χ3n) is 5.64. The minimum atomic E-state index is -0.0694. The summed E-state index contributed by atoms with van der Waals surface area (Å²) in [6, 6.07) is 11.1. The van der Waals surface area contributed by atoms with E-state index < -0.39 is 0 Å². The topological polar surface area (TPSA) is 53.0 Å². The maximum absolute atomic E-state index is 13.2. The van der Waals surface area contributed by atoms with Crippen molar-refractivity contribution in [3.63, 3.8) is 0 Å². The third kappa shape index (κ3) is 3.82. The first-order chi connectivity index (χ1) is 13.5. The highest BCUT2D eigenvalue weighted by atomic mass is 35.5. The minimum absolute atomic E-state index is 0.0694. The van der Waals surface area contributed by atoms with Gasteiger partial charge in [-0.2, -0.15) is 0 Å². The van der Waals surface area contributed by atoms with Gasteiger partial charge in [0.25, 0.3) is 0 Å². The monoisotopic (exact) mass is 400 g/mol. The number of hydrogen-bond donors (Lipinski definition) is 1. The van der Waals surface area contributed by atoms with Gasteiger partial charge in [-0.25, -0.2) is 0 Å². The maximum atomic E-state index is 13.2. The van der Waals surface area contributed by atoms with Crippen LogP contribution in [0.5, 0.6) is 11.5 Å². The largest absolute Gasteiger partial charge is 0.504 e. The number of fused-ring (bicyclic) bond motifs is 1. The van der Waals surface area contributed by atoms with Crippen molar-refractivity contribution in [2.45, 2.75) is 31.8 Å². The fourth-order valence-corrected chi connectivity index (χ4v) is 4.31. The standard InChI is InChI=1S/C22H25ClN2O3/c1-24-8-3-2-7-19(24)22(27)25-9-10-28-21-17(14-25)11-16(13-20(21)26)15-5-4-6-18(23)12-15/h4-6,11-13,19,26H,2-3,7-10,14H2,1H3/t19-/m0/s1. The number of likely N-dealkylation sites (tertiary alicyclic amines) is 1. The molecular formula is C22H25ClN2O3. The van der Waals surface area contributed by atoms with Crippen molar-refractivity contribution >= 4 is 17.5 Å². The zero-order valence-electron chi connectivity index (χ0n) is 16.0. The van der Waals surface area contributed by atoms with Crippen molar-refractivity contribution in [3.05, 3.63) is 47.0 Å². The Kier molecular flexibility index (Phi) is 5.47. The Hall–Kier alpha value is -2.24. The molecule has 0 unspecified atom stereocenters. The fourth-order valence-electron chi connectivity index (χ4n) is 4.12. The Labute approximate surface area is 170 Å². The molecule has 1 atom stereocenters. The predicted molar refractivity (Wildman–Crippen MR) is 110 cm³/mol. The number of ether oxygens (including phenoxy) is 1. The Balaban J connectivity index is 1.64. The number of phenolic OH excluding ortho intramolecular Hbond substituents is 1. The van der Waals surface area contributed by atoms with E-state index in [9.17, 15) is 9.90 Å². The van der Waals surface area contributed by atoms with Crippen molar-refractivity contribution in [2.75, 3.05) is 26.7 Å². The molecule has 0 spiro atoms. The second-order valence-corrected chi connectivity index (χ2v) is 8.03. The molecule has 2 aliphatic heterocycles. The van der Waals surface area contributed by atoms with Crippen molar-refractivity contribution in [3.8, 4) is 22.6 Å². The normalized spacial score (nSPS) is 20.2. The summed E-state index contributed by atoms with van der Waals surface area (Å²) in [5.41, 5.74) is 2.59. The summed E-state index contributed by atoms with van der Waals surface area (Å²) in [7, 11) is 2.02. The van der Waals surface area contributed by atoms with Crippen LogP contribution < -0.4 is 4.74 Å². The van der Waals surface area contributed by atoms with Crippen molar-refractivity contribution in [1.82, 2.24) is 9.80 Å². The third-order valence-corrected chi connectivity index (χ3v) is 5.88. The van der Waals surface area contributed by atoms with Gasteiger partial charge < -0.3 is 14.7 Å². The quantitative estimate of drug-likeness (QED) is 0.830. The second-order valence-electron chi connectivity index (χ2n) is 7.59. The molecule has 1 fully saturated rings. The van der Waals surface area contributed by atoms with Gasteiger partial charge in [0.2, 0.25) is 5.91 Å². The van der Waals surface area contributed by atoms with Gasteiger partial charge >= 0.3 is 0 Å². The summed E-state index contributed by atoms with van der Waals surface area (Å²) >= 11 is 6.12. The molecule has 6 heteroatoms. The van der Waals surface area contributed by atoms with Gasteiger partial charge in [0, 0.05) is 17.1 Å². The molecule has 1 N–H and O–H groups in total. The van der Waals surface area contributed by atoms with Gasteiger partial charge in [0.15, 0.2) is 11.5 Å². The molecule has 0 saturated carbocycles. The Morgan fingerprint density at radius 1 is 1.18 bits per heavy atom. The lowest BCUT2D eigenvalue weighted by atomic mass is 10.00. The summed E-state index contributed by atoms with van der Waals surface area (Å²) in [4.78, 5) is 17.2. The molecule has 0 bridgehead atoms. The number of halogens is 1. The zero-order valence-corrected chi connectivity index (χ0v) is 16.8. The number of piperidine rings is 1. The summed E-state index contributed by atoms with van der Waals surface area (Å²) in [6.07, 6.45) is 3.12. The SMILES string of the molecule is CN1CCCC[C@H]1C(=O)N1CCOc2c(O)cc(-c3cccc(Cl)c3)cc2C1. The molecule has 1 amide bonds. The van der Waals surface area contributed by atoms with Crippen LogP contribution in [-0.4, -0.2) is 53.6 Å². The van der Waals surface area contributed by atoms with Crippen LogP contribution in [0.15, 0.2) is 36.4 Å². The molecule has 2 aliphatic rings. The Morgan fingerprint density at radius 2 is 2.04 bits per heavy atom. The number of hydrogen-bond acceptors (Lipinski definition) is 4. The number of carbonyl (C=O) groups is 1. The average molecular weight is 401 g/mol. The first-order valence-corrected chi connectivity index (χ1v) is 10.1. The molecule has 148 valence electrons. The fraction of sp³-hybridized carbons (Fsp3) is 0.409. The summed E-state index contributed by atoms with van der Waals surface area (Å²) < 4.78 is 5.80. The molecule has 2 aromatic carbocycles. The zero-order chi connectivity index (χ0) is 19.7. The molecular weight excluding hydrogens is 376 g/mol. The van der Waals surface area contributed by atoms with Crippen LogP contribution in [-0.2, 0) is 11.3 Å². The number of rotatable bonds is 2. The van der Waals surface area contributed by atoms with Gasteiger partial charge in [0.05, 0.1) is 12.6 Å². The van der Waals surface area contributed by atoms with Crippen LogP contribution in [0.3, 0.4) is 0 Å². The average Bonchev–Trinajstić information content (AvgIpc) is 2.91. The molecule has 2 aromatic rings. The number of likely N-dealkylation sites (N-methyl/N-ethyl adjacent to an activating group) is 1. The first kappa shape index (κ1) is 19.1. The maximum Gasteiger partial charge on any atom is 0.240 e. The number of nitrogens with zero attached hydrogens (tertiary/aromatic N) is 2. The van der Waals surface area contributed by atoms with Crippen molar-refractivity contribution in [2.24, 2.45) is 0 Å². The van der Waals surface area contributed by atoms with E-state index in [0.29, 0.717) is 30.5 Å².